The predicted molar refractivity (Wildman–Crippen MR) is 225 cm³/mol. The number of carbonyl (C=O) groups excluding carboxylic acids is 4. The number of hydrogen-bond donors (Lipinski definition) is 3. The number of benzene rings is 3. The molecule has 4 aromatic rings. The maximum atomic E-state index is 16.5. The zero-order valence-electron chi connectivity index (χ0n) is 35.2. The second-order valence-corrected chi connectivity index (χ2v) is 17.0. The van der Waals surface area contributed by atoms with Crippen LogP contribution < -0.4 is 10.6 Å². The molecular formula is C46H51F2N7O6. The van der Waals surface area contributed by atoms with Crippen LogP contribution in [0.4, 0.5) is 24.1 Å². The molecule has 1 aromatic heterocycles. The summed E-state index contributed by atoms with van der Waals surface area (Å²) in [6.45, 7) is 8.52. The van der Waals surface area contributed by atoms with E-state index in [9.17, 15) is 19.2 Å². The Bertz CT molecular complexity index is 2430. The summed E-state index contributed by atoms with van der Waals surface area (Å²) in [5.41, 5.74) is 5.95. The number of H-pyrrole nitrogens is 1. The fourth-order valence-electron chi connectivity index (χ4n) is 9.27. The van der Waals surface area contributed by atoms with E-state index in [-0.39, 0.29) is 46.9 Å². The lowest BCUT2D eigenvalue weighted by Gasteiger charge is -2.30. The number of rotatable bonds is 10. The lowest BCUT2D eigenvalue weighted by Crippen LogP contribution is -2.53. The number of aliphatic imine (C=N–C) groups is 1. The number of halogens is 2. The smallest absolute Gasteiger partial charge is 0.407 e. The van der Waals surface area contributed by atoms with E-state index in [0.717, 1.165) is 41.8 Å². The van der Waals surface area contributed by atoms with Crippen LogP contribution in [0.1, 0.15) is 81.9 Å². The van der Waals surface area contributed by atoms with E-state index < -0.39 is 30.2 Å². The minimum absolute atomic E-state index is 0.0688. The van der Waals surface area contributed by atoms with E-state index in [0.29, 0.717) is 59.7 Å². The molecule has 3 aromatic carbocycles. The normalized spacial score (nSPS) is 19.6. The van der Waals surface area contributed by atoms with Gasteiger partial charge in [-0.05, 0) is 89.6 Å². The monoisotopic (exact) mass is 835 g/mol. The van der Waals surface area contributed by atoms with Gasteiger partial charge in [0, 0.05) is 41.9 Å². The first-order chi connectivity index (χ1) is 29.2. The topological polar surface area (TPSA) is 158 Å². The van der Waals surface area contributed by atoms with Crippen LogP contribution >= 0.6 is 0 Å². The molecule has 3 aliphatic heterocycles. The van der Waals surface area contributed by atoms with Gasteiger partial charge in [-0.2, -0.15) is 8.78 Å². The third kappa shape index (κ3) is 7.63. The third-order valence-corrected chi connectivity index (χ3v) is 12.5. The summed E-state index contributed by atoms with van der Waals surface area (Å²) in [6, 6.07) is 14.0. The molecule has 61 heavy (non-hydrogen) atoms. The van der Waals surface area contributed by atoms with Crippen molar-refractivity contribution in [3.8, 4) is 33.5 Å². The number of aromatic nitrogens is 2. The van der Waals surface area contributed by atoms with Gasteiger partial charge in [-0.1, -0.05) is 58.0 Å². The maximum absolute atomic E-state index is 16.5. The largest absolute Gasteiger partial charge is 0.453 e. The van der Waals surface area contributed by atoms with Crippen molar-refractivity contribution in [2.75, 3.05) is 27.3 Å². The minimum atomic E-state index is -3.27. The molecule has 0 unspecified atom stereocenters. The van der Waals surface area contributed by atoms with E-state index in [1.165, 1.54) is 20.3 Å². The Labute approximate surface area is 353 Å². The van der Waals surface area contributed by atoms with Gasteiger partial charge in [-0.15, -0.1) is 0 Å². The second-order valence-electron chi connectivity index (χ2n) is 17.0. The maximum Gasteiger partial charge on any atom is 0.407 e. The highest BCUT2D eigenvalue weighted by atomic mass is 19.3. The number of nitrogens with one attached hydrogen (secondary N) is 3. The van der Waals surface area contributed by atoms with Gasteiger partial charge in [0.2, 0.25) is 11.8 Å². The van der Waals surface area contributed by atoms with Gasteiger partial charge in [-0.3, -0.25) is 14.6 Å². The Morgan fingerprint density at radius 1 is 0.754 bits per heavy atom. The Hall–Kier alpha value is -6.12. The van der Waals surface area contributed by atoms with Crippen molar-refractivity contribution in [3.63, 3.8) is 0 Å². The van der Waals surface area contributed by atoms with E-state index in [4.69, 9.17) is 14.5 Å². The zero-order chi connectivity index (χ0) is 43.3. The minimum Gasteiger partial charge on any atom is -0.453 e. The highest BCUT2D eigenvalue weighted by Crippen LogP contribution is 2.53. The van der Waals surface area contributed by atoms with Crippen molar-refractivity contribution in [1.82, 2.24) is 30.4 Å². The molecule has 0 radical (unpaired) electrons. The molecule has 0 spiro atoms. The number of methoxy groups -OCH3 is 2. The first-order valence-electron chi connectivity index (χ1n) is 20.9. The fourth-order valence-corrected chi connectivity index (χ4v) is 9.27. The highest BCUT2D eigenvalue weighted by molar-refractivity contribution is 6.01. The van der Waals surface area contributed by atoms with Crippen molar-refractivity contribution in [1.29, 1.82) is 0 Å². The van der Waals surface area contributed by atoms with Crippen LogP contribution in [0.25, 0.3) is 33.5 Å². The first-order valence-corrected chi connectivity index (χ1v) is 20.9. The zero-order valence-corrected chi connectivity index (χ0v) is 35.2. The van der Waals surface area contributed by atoms with Crippen LogP contribution in [0.2, 0.25) is 0 Å². The predicted octanol–water partition coefficient (Wildman–Crippen LogP) is 7.91. The number of ether oxygens (including phenoxy) is 2. The van der Waals surface area contributed by atoms with Gasteiger partial charge < -0.3 is 34.9 Å². The summed E-state index contributed by atoms with van der Waals surface area (Å²) in [4.78, 5) is 67.7. The number of fused-ring (bicyclic) bond motifs is 4. The molecule has 13 nitrogen and oxygen atoms in total. The van der Waals surface area contributed by atoms with E-state index in [1.54, 1.807) is 35.4 Å². The van der Waals surface area contributed by atoms with Gasteiger partial charge in [0.25, 0.3) is 5.92 Å². The fraction of sp³-hybridized carbons (Fsp3) is 0.435. The summed E-state index contributed by atoms with van der Waals surface area (Å²) in [7, 11) is 2.52. The van der Waals surface area contributed by atoms with Crippen molar-refractivity contribution in [3.05, 3.63) is 83.3 Å². The summed E-state index contributed by atoms with van der Waals surface area (Å²) in [5.74, 6) is -3.44. The lowest BCUT2D eigenvalue weighted by molar-refractivity contribution is -0.135. The Morgan fingerprint density at radius 3 is 1.87 bits per heavy atom. The number of hydrogen-bond acceptors (Lipinski definition) is 8. The second kappa shape index (κ2) is 16.4. The van der Waals surface area contributed by atoms with Gasteiger partial charge in [0.1, 0.15) is 17.9 Å². The first kappa shape index (κ1) is 41.6. The van der Waals surface area contributed by atoms with Crippen LogP contribution in [0.3, 0.4) is 0 Å². The molecule has 15 heteroatoms. The van der Waals surface area contributed by atoms with Crippen LogP contribution in [0.5, 0.6) is 0 Å². The molecular weight excluding hydrogens is 785 g/mol. The van der Waals surface area contributed by atoms with Gasteiger partial charge in [0.05, 0.1) is 43.9 Å². The Balaban J connectivity index is 0.984. The number of aromatic amines is 1. The van der Waals surface area contributed by atoms with Crippen molar-refractivity contribution in [2.45, 2.75) is 89.9 Å². The average Bonchev–Trinajstić information content (AvgIpc) is 4.10. The van der Waals surface area contributed by atoms with E-state index in [2.05, 4.69) is 20.6 Å². The number of nitrogens with zero attached hydrogens (tertiary/aromatic N) is 4. The van der Waals surface area contributed by atoms with E-state index >= 15 is 8.78 Å². The SMILES string of the molecule is COC(=O)N[C@H](C(=O)N1CCC[C@H]1C1=Nc2ccc(-c3ccc4c(c3)C(F)(F)c3cc(-c5cnc([C@@H]6CCCN6C(=O)[C@@H](NC(=O)OC)C(C)C)[nH]5)ccc3-4)cc2C1)C(C)C. The molecule has 4 atom stereocenters. The van der Waals surface area contributed by atoms with Crippen molar-refractivity contribution < 1.29 is 37.4 Å². The number of carbonyl (C=O) groups is 4. The molecule has 1 aliphatic carbocycles. The summed E-state index contributed by atoms with van der Waals surface area (Å²) in [6.07, 6.45) is 3.79. The number of alkyl carbamates (subject to hydrolysis) is 2. The Morgan fingerprint density at radius 2 is 1.28 bits per heavy atom. The summed E-state index contributed by atoms with van der Waals surface area (Å²) >= 11 is 0. The lowest BCUT2D eigenvalue weighted by atomic mass is 9.95. The molecule has 3 N–H and O–H groups in total. The summed E-state index contributed by atoms with van der Waals surface area (Å²) < 4.78 is 42.6. The number of amides is 4. The van der Waals surface area contributed by atoms with Crippen LogP contribution in [0, 0.1) is 11.8 Å². The molecule has 2 fully saturated rings. The number of imidazole rings is 1. The average molecular weight is 836 g/mol. The molecule has 4 aliphatic rings. The summed E-state index contributed by atoms with van der Waals surface area (Å²) in [5, 5.41) is 5.34. The molecule has 8 rings (SSSR count). The van der Waals surface area contributed by atoms with Gasteiger partial charge in [-0.25, -0.2) is 14.6 Å². The molecule has 0 saturated carbocycles. The number of likely N-dealkylation sites (tertiary alicyclic amines) is 2. The van der Waals surface area contributed by atoms with E-state index in [1.807, 2.05) is 56.9 Å². The Kier molecular flexibility index (Phi) is 11.2. The number of alkyl halides is 2. The highest BCUT2D eigenvalue weighted by Gasteiger charge is 2.45. The molecule has 0 bridgehead atoms. The molecule has 320 valence electrons. The molecule has 4 amide bonds. The quantitative estimate of drug-likeness (QED) is 0.147. The van der Waals surface area contributed by atoms with Crippen LogP contribution in [-0.2, 0) is 31.4 Å². The molecule has 4 heterocycles. The van der Waals surface area contributed by atoms with Crippen molar-refractivity contribution in [2.24, 2.45) is 16.8 Å². The van der Waals surface area contributed by atoms with Crippen LogP contribution in [0.15, 0.2) is 65.8 Å². The van der Waals surface area contributed by atoms with Gasteiger partial charge >= 0.3 is 12.2 Å². The third-order valence-electron chi connectivity index (χ3n) is 12.5. The standard InChI is InChI=1S/C46H51F2N7O6/c1-24(2)39(52-44(58)60-5)42(56)54-17-7-9-37(54)35-22-29-19-26(13-16-34(29)50-35)27-11-14-30-31-15-12-28(21-33(31)46(47,48)32(30)20-27)36-23-49-41(51-36)38-10-8-18-55(38)43(57)40(25(3)4)53-45(59)61-6/h11-16,19-21,23-25,37-40H,7-10,17-18,22H2,1-6H3,(H,49,51)(H,52,58)(H,53,59)/t37-,38-,39-,40-/m0/s1. The van der Waals surface area contributed by atoms with Crippen LogP contribution in [-0.4, -0.2) is 94.9 Å². The van der Waals surface area contributed by atoms with Crippen molar-refractivity contribution >= 4 is 35.4 Å². The van der Waals surface area contributed by atoms with Gasteiger partial charge in [0.15, 0.2) is 0 Å². The molecule has 2 saturated heterocycles.